The number of hydrogen-bond donors (Lipinski definition) is 1. The van der Waals surface area contributed by atoms with Crippen LogP contribution in [-0.4, -0.2) is 56.5 Å². The summed E-state index contributed by atoms with van der Waals surface area (Å²) >= 11 is 0. The molecule has 0 unspecified atom stereocenters. The summed E-state index contributed by atoms with van der Waals surface area (Å²) in [6.07, 6.45) is 3.60. The molecule has 1 heterocycles. The second-order valence-electron chi connectivity index (χ2n) is 5.03. The van der Waals surface area contributed by atoms with E-state index in [1.165, 1.54) is 6.07 Å². The van der Waals surface area contributed by atoms with Crippen LogP contribution < -0.4 is 11.3 Å². The first-order valence-corrected chi connectivity index (χ1v) is 7.33. The van der Waals surface area contributed by atoms with Gasteiger partial charge in [0.1, 0.15) is 0 Å². The van der Waals surface area contributed by atoms with E-state index in [1.807, 2.05) is 0 Å². The van der Waals surface area contributed by atoms with Gasteiger partial charge in [-0.2, -0.15) is 0 Å². The molecule has 0 aliphatic heterocycles. The number of hydrogen-bond acceptors (Lipinski definition) is 5. The molecule has 0 bridgehead atoms. The highest BCUT2D eigenvalue weighted by Gasteiger charge is 2.05. The lowest BCUT2D eigenvalue weighted by Gasteiger charge is -2.22. The first-order chi connectivity index (χ1) is 10.2. The minimum absolute atomic E-state index is 0.00738. The van der Waals surface area contributed by atoms with Crippen LogP contribution in [-0.2, 0) is 16.0 Å². The van der Waals surface area contributed by atoms with Crippen molar-refractivity contribution in [3.05, 3.63) is 28.7 Å². The fourth-order valence-electron chi connectivity index (χ4n) is 2.18. The van der Waals surface area contributed by atoms with Crippen molar-refractivity contribution < 1.29 is 9.47 Å². The summed E-state index contributed by atoms with van der Waals surface area (Å²) in [6, 6.07) is 3.14. The van der Waals surface area contributed by atoms with Crippen LogP contribution in [0.5, 0.6) is 0 Å². The molecule has 0 radical (unpaired) electrons. The Hall–Kier alpha value is -1.37. The third kappa shape index (κ3) is 7.27. The van der Waals surface area contributed by atoms with E-state index in [4.69, 9.17) is 15.2 Å². The SMILES string of the molecule is COCCCN(CCCn1cc(N)ccc1=O)CCOC. The number of nitrogen functional groups attached to an aromatic ring is 1. The summed E-state index contributed by atoms with van der Waals surface area (Å²) in [6.45, 7) is 4.95. The number of aromatic nitrogens is 1. The van der Waals surface area contributed by atoms with E-state index < -0.39 is 0 Å². The van der Waals surface area contributed by atoms with Gasteiger partial charge in [0, 0.05) is 58.4 Å². The van der Waals surface area contributed by atoms with Gasteiger partial charge in [0.05, 0.1) is 6.61 Å². The largest absolute Gasteiger partial charge is 0.398 e. The van der Waals surface area contributed by atoms with Gasteiger partial charge in [0.2, 0.25) is 0 Å². The number of methoxy groups -OCH3 is 2. The van der Waals surface area contributed by atoms with Crippen molar-refractivity contribution in [2.24, 2.45) is 0 Å². The Morgan fingerprint density at radius 1 is 1.10 bits per heavy atom. The summed E-state index contributed by atoms with van der Waals surface area (Å²) < 4.78 is 11.9. The normalized spacial score (nSPS) is 11.2. The zero-order valence-corrected chi connectivity index (χ0v) is 13.1. The average Bonchev–Trinajstić information content (AvgIpc) is 2.48. The molecule has 0 aliphatic rings. The standard InChI is InChI=1S/C15H27N3O3/c1-20-11-4-8-17(10-12-21-2)7-3-9-18-13-14(16)5-6-15(18)19/h5-6,13H,3-4,7-12,16H2,1-2H3. The van der Waals surface area contributed by atoms with Crippen LogP contribution in [0.15, 0.2) is 23.1 Å². The molecule has 2 N–H and O–H groups in total. The van der Waals surface area contributed by atoms with Crippen LogP contribution in [0.4, 0.5) is 5.69 Å². The van der Waals surface area contributed by atoms with Crippen molar-refractivity contribution >= 4 is 5.69 Å². The molecule has 6 heteroatoms. The lowest BCUT2D eigenvalue weighted by Crippen LogP contribution is -2.31. The number of nitrogens with zero attached hydrogens (tertiary/aromatic N) is 2. The molecular formula is C15H27N3O3. The van der Waals surface area contributed by atoms with Crippen LogP contribution >= 0.6 is 0 Å². The van der Waals surface area contributed by atoms with Crippen molar-refractivity contribution in [2.45, 2.75) is 19.4 Å². The number of rotatable bonds is 11. The lowest BCUT2D eigenvalue weighted by molar-refractivity contribution is 0.131. The Morgan fingerprint density at radius 3 is 2.52 bits per heavy atom. The molecule has 0 spiro atoms. The van der Waals surface area contributed by atoms with E-state index in [2.05, 4.69) is 4.90 Å². The molecule has 21 heavy (non-hydrogen) atoms. The van der Waals surface area contributed by atoms with Crippen molar-refractivity contribution in [1.82, 2.24) is 9.47 Å². The zero-order valence-electron chi connectivity index (χ0n) is 13.1. The third-order valence-electron chi connectivity index (χ3n) is 3.31. The van der Waals surface area contributed by atoms with Crippen LogP contribution in [0.25, 0.3) is 0 Å². The van der Waals surface area contributed by atoms with E-state index in [0.717, 1.165) is 39.1 Å². The fraction of sp³-hybridized carbons (Fsp3) is 0.667. The van der Waals surface area contributed by atoms with E-state index in [9.17, 15) is 4.79 Å². The van der Waals surface area contributed by atoms with Crippen LogP contribution in [0, 0.1) is 0 Å². The molecule has 0 atom stereocenters. The maximum absolute atomic E-state index is 11.7. The molecule has 1 aromatic heterocycles. The van der Waals surface area contributed by atoms with Gasteiger partial charge in [-0.3, -0.25) is 4.79 Å². The van der Waals surface area contributed by atoms with Crippen molar-refractivity contribution in [3.8, 4) is 0 Å². The first-order valence-electron chi connectivity index (χ1n) is 7.33. The van der Waals surface area contributed by atoms with Crippen LogP contribution in [0.2, 0.25) is 0 Å². The highest BCUT2D eigenvalue weighted by molar-refractivity contribution is 5.33. The zero-order chi connectivity index (χ0) is 15.5. The minimum atomic E-state index is -0.00738. The number of anilines is 1. The van der Waals surface area contributed by atoms with Crippen molar-refractivity contribution in [3.63, 3.8) is 0 Å². The molecule has 0 saturated carbocycles. The monoisotopic (exact) mass is 297 g/mol. The lowest BCUT2D eigenvalue weighted by atomic mass is 10.3. The number of aryl methyl sites for hydroxylation is 1. The van der Waals surface area contributed by atoms with E-state index in [0.29, 0.717) is 18.8 Å². The predicted octanol–water partition coefficient (Wildman–Crippen LogP) is 0.806. The predicted molar refractivity (Wildman–Crippen MR) is 84.5 cm³/mol. The maximum Gasteiger partial charge on any atom is 0.250 e. The first kappa shape index (κ1) is 17.7. The van der Waals surface area contributed by atoms with Crippen LogP contribution in [0.1, 0.15) is 12.8 Å². The smallest absolute Gasteiger partial charge is 0.250 e. The Balaban J connectivity index is 2.40. The van der Waals surface area contributed by atoms with Gasteiger partial charge in [-0.15, -0.1) is 0 Å². The Morgan fingerprint density at radius 2 is 1.81 bits per heavy atom. The fourth-order valence-corrected chi connectivity index (χ4v) is 2.18. The van der Waals surface area contributed by atoms with Gasteiger partial charge in [0.15, 0.2) is 0 Å². The van der Waals surface area contributed by atoms with Gasteiger partial charge in [-0.1, -0.05) is 0 Å². The summed E-state index contributed by atoms with van der Waals surface area (Å²) in [5.41, 5.74) is 6.31. The summed E-state index contributed by atoms with van der Waals surface area (Å²) in [5.74, 6) is 0. The maximum atomic E-state index is 11.7. The van der Waals surface area contributed by atoms with Crippen LogP contribution in [0.3, 0.4) is 0 Å². The highest BCUT2D eigenvalue weighted by Crippen LogP contribution is 2.00. The topological polar surface area (TPSA) is 69.7 Å². The highest BCUT2D eigenvalue weighted by atomic mass is 16.5. The molecule has 0 aromatic carbocycles. The Labute approximate surface area is 126 Å². The van der Waals surface area contributed by atoms with E-state index >= 15 is 0 Å². The second-order valence-corrected chi connectivity index (χ2v) is 5.03. The molecule has 1 rings (SSSR count). The molecule has 1 aromatic rings. The summed E-state index contributed by atoms with van der Waals surface area (Å²) in [5, 5.41) is 0. The van der Waals surface area contributed by atoms with Gasteiger partial charge >= 0.3 is 0 Å². The number of ether oxygens (including phenoxy) is 2. The summed E-state index contributed by atoms with van der Waals surface area (Å²) in [7, 11) is 3.42. The van der Waals surface area contributed by atoms with Gasteiger partial charge < -0.3 is 24.7 Å². The molecule has 6 nitrogen and oxygen atoms in total. The second kappa shape index (κ2) is 10.4. The van der Waals surface area contributed by atoms with E-state index in [1.54, 1.807) is 31.0 Å². The van der Waals surface area contributed by atoms with Gasteiger partial charge in [0.25, 0.3) is 5.56 Å². The molecule has 120 valence electrons. The molecular weight excluding hydrogens is 270 g/mol. The molecule has 0 fully saturated rings. The summed E-state index contributed by atoms with van der Waals surface area (Å²) in [4.78, 5) is 14.0. The quantitative estimate of drug-likeness (QED) is 0.612. The number of pyridine rings is 1. The molecule has 0 saturated heterocycles. The minimum Gasteiger partial charge on any atom is -0.398 e. The Kier molecular flexibility index (Phi) is 8.73. The Bertz CT molecular complexity index is 448. The van der Waals surface area contributed by atoms with Gasteiger partial charge in [-0.25, -0.2) is 0 Å². The van der Waals surface area contributed by atoms with Crippen molar-refractivity contribution in [2.75, 3.05) is 52.8 Å². The van der Waals surface area contributed by atoms with Gasteiger partial charge in [-0.05, 0) is 25.5 Å². The molecule has 0 aliphatic carbocycles. The molecule has 0 amide bonds. The number of nitrogens with two attached hydrogens (primary N) is 1. The van der Waals surface area contributed by atoms with E-state index in [-0.39, 0.29) is 5.56 Å². The third-order valence-corrected chi connectivity index (χ3v) is 3.31. The average molecular weight is 297 g/mol. The van der Waals surface area contributed by atoms with Crippen molar-refractivity contribution in [1.29, 1.82) is 0 Å².